The van der Waals surface area contributed by atoms with Crippen molar-refractivity contribution in [1.82, 2.24) is 15.3 Å². The first kappa shape index (κ1) is 19.8. The van der Waals surface area contributed by atoms with Crippen LogP contribution < -0.4 is 14.8 Å². The standard InChI is InChI=1S/C21H20N4O4/c1-12(13-4-5-18(28-2)19(7-13)29-3)25-21(27)14(9-22)6-15-10-23-20-17(15)8-16(26)11-24-20/h4-8,10-12,26H,1-3H3,(H,23,24)(H,25,27). The molecule has 3 N–H and O–H groups in total. The lowest BCUT2D eigenvalue weighted by atomic mass is 10.1. The summed E-state index contributed by atoms with van der Waals surface area (Å²) in [5, 5.41) is 22.5. The minimum Gasteiger partial charge on any atom is -0.506 e. The van der Waals surface area contributed by atoms with E-state index in [1.807, 2.05) is 19.1 Å². The Labute approximate surface area is 167 Å². The smallest absolute Gasteiger partial charge is 0.262 e. The zero-order chi connectivity index (χ0) is 21.0. The van der Waals surface area contributed by atoms with Gasteiger partial charge in [-0.3, -0.25) is 4.79 Å². The number of hydrogen-bond donors (Lipinski definition) is 3. The van der Waals surface area contributed by atoms with Crippen LogP contribution >= 0.6 is 0 Å². The van der Waals surface area contributed by atoms with Crippen LogP contribution in [0.4, 0.5) is 0 Å². The zero-order valence-electron chi connectivity index (χ0n) is 16.2. The summed E-state index contributed by atoms with van der Waals surface area (Å²) in [6.45, 7) is 1.81. The molecule has 0 radical (unpaired) electrons. The predicted octanol–water partition coefficient (Wildman–Crippen LogP) is 3.07. The van der Waals surface area contributed by atoms with E-state index in [4.69, 9.17) is 9.47 Å². The number of fused-ring (bicyclic) bond motifs is 1. The summed E-state index contributed by atoms with van der Waals surface area (Å²) in [5.41, 5.74) is 1.86. The summed E-state index contributed by atoms with van der Waals surface area (Å²) >= 11 is 0. The molecule has 0 aliphatic carbocycles. The maximum atomic E-state index is 12.6. The van der Waals surface area contributed by atoms with Crippen molar-refractivity contribution in [3.8, 4) is 23.3 Å². The molecule has 0 saturated heterocycles. The van der Waals surface area contributed by atoms with Gasteiger partial charge in [0.05, 0.1) is 26.5 Å². The van der Waals surface area contributed by atoms with Gasteiger partial charge in [0, 0.05) is 17.1 Å². The lowest BCUT2D eigenvalue weighted by molar-refractivity contribution is -0.117. The highest BCUT2D eigenvalue weighted by molar-refractivity contribution is 6.03. The van der Waals surface area contributed by atoms with Crippen LogP contribution in [-0.4, -0.2) is 35.2 Å². The molecule has 8 nitrogen and oxygen atoms in total. The molecule has 1 aromatic carbocycles. The molecule has 1 amide bonds. The Hall–Kier alpha value is -3.99. The Bertz CT molecular complexity index is 1130. The van der Waals surface area contributed by atoms with Crippen molar-refractivity contribution in [2.24, 2.45) is 0 Å². The number of H-pyrrole nitrogens is 1. The van der Waals surface area contributed by atoms with E-state index in [0.717, 1.165) is 5.56 Å². The molecule has 2 heterocycles. The first-order valence-corrected chi connectivity index (χ1v) is 8.77. The topological polar surface area (TPSA) is 120 Å². The number of carbonyl (C=O) groups excluding carboxylic acids is 1. The van der Waals surface area contributed by atoms with Gasteiger partial charge in [-0.2, -0.15) is 5.26 Å². The Morgan fingerprint density at radius 1 is 1.31 bits per heavy atom. The molecule has 0 aliphatic rings. The Morgan fingerprint density at radius 3 is 2.76 bits per heavy atom. The maximum absolute atomic E-state index is 12.6. The average molecular weight is 392 g/mol. The number of aromatic hydroxyl groups is 1. The number of nitrogens with one attached hydrogen (secondary N) is 2. The van der Waals surface area contributed by atoms with Gasteiger partial charge in [-0.25, -0.2) is 4.98 Å². The maximum Gasteiger partial charge on any atom is 0.262 e. The van der Waals surface area contributed by atoms with E-state index >= 15 is 0 Å². The van der Waals surface area contributed by atoms with Gasteiger partial charge in [0.1, 0.15) is 23.0 Å². The summed E-state index contributed by atoms with van der Waals surface area (Å²) in [5.74, 6) is 0.617. The first-order valence-electron chi connectivity index (χ1n) is 8.77. The fourth-order valence-corrected chi connectivity index (χ4v) is 2.92. The van der Waals surface area contributed by atoms with Crippen molar-refractivity contribution in [2.75, 3.05) is 14.2 Å². The molecule has 148 valence electrons. The number of nitrogens with zero attached hydrogens (tertiary/aromatic N) is 2. The van der Waals surface area contributed by atoms with E-state index in [2.05, 4.69) is 15.3 Å². The number of pyridine rings is 1. The van der Waals surface area contributed by atoms with Gasteiger partial charge >= 0.3 is 0 Å². The lowest BCUT2D eigenvalue weighted by Gasteiger charge is -2.16. The van der Waals surface area contributed by atoms with Crippen LogP contribution in [0.15, 0.2) is 42.2 Å². The van der Waals surface area contributed by atoms with Crippen molar-refractivity contribution in [3.05, 3.63) is 53.4 Å². The average Bonchev–Trinajstić information content (AvgIpc) is 3.12. The summed E-state index contributed by atoms with van der Waals surface area (Å²) in [6, 6.07) is 8.41. The van der Waals surface area contributed by atoms with Crippen LogP contribution in [0.5, 0.6) is 17.2 Å². The van der Waals surface area contributed by atoms with E-state index in [9.17, 15) is 15.2 Å². The molecule has 0 fully saturated rings. The van der Waals surface area contributed by atoms with Crippen LogP contribution in [0, 0.1) is 11.3 Å². The molecule has 1 atom stereocenters. The lowest BCUT2D eigenvalue weighted by Crippen LogP contribution is -2.27. The van der Waals surface area contributed by atoms with Crippen molar-refractivity contribution in [2.45, 2.75) is 13.0 Å². The molecule has 0 spiro atoms. The van der Waals surface area contributed by atoms with Crippen molar-refractivity contribution >= 4 is 23.0 Å². The number of carbonyl (C=O) groups is 1. The Kier molecular flexibility index (Phi) is 5.69. The van der Waals surface area contributed by atoms with Crippen LogP contribution in [0.3, 0.4) is 0 Å². The molecular weight excluding hydrogens is 372 g/mol. The molecule has 3 aromatic rings. The number of rotatable bonds is 6. The van der Waals surface area contributed by atoms with E-state index in [1.165, 1.54) is 25.4 Å². The van der Waals surface area contributed by atoms with E-state index in [0.29, 0.717) is 28.1 Å². The summed E-state index contributed by atoms with van der Waals surface area (Å²) in [4.78, 5) is 19.6. The highest BCUT2D eigenvalue weighted by atomic mass is 16.5. The number of benzene rings is 1. The van der Waals surface area contributed by atoms with Gasteiger partial charge in [0.25, 0.3) is 5.91 Å². The Morgan fingerprint density at radius 2 is 2.07 bits per heavy atom. The molecule has 0 saturated carbocycles. The third kappa shape index (κ3) is 4.14. The molecule has 29 heavy (non-hydrogen) atoms. The molecule has 8 heteroatoms. The SMILES string of the molecule is COc1ccc(C(C)NC(=O)C(C#N)=Cc2c[nH]c3ncc(O)cc23)cc1OC. The highest BCUT2D eigenvalue weighted by Gasteiger charge is 2.16. The van der Waals surface area contributed by atoms with Gasteiger partial charge in [-0.05, 0) is 36.8 Å². The van der Waals surface area contributed by atoms with Gasteiger partial charge in [0.15, 0.2) is 11.5 Å². The van der Waals surface area contributed by atoms with Crippen LogP contribution in [0.25, 0.3) is 17.1 Å². The van der Waals surface area contributed by atoms with Gasteiger partial charge < -0.3 is 24.9 Å². The summed E-state index contributed by atoms with van der Waals surface area (Å²) in [6.07, 6.45) is 4.39. The summed E-state index contributed by atoms with van der Waals surface area (Å²) < 4.78 is 10.5. The second-order valence-electron chi connectivity index (χ2n) is 6.31. The second-order valence-corrected chi connectivity index (χ2v) is 6.31. The first-order chi connectivity index (χ1) is 14.0. The number of ether oxygens (including phenoxy) is 2. The minimum absolute atomic E-state index is 0.00298. The largest absolute Gasteiger partial charge is 0.506 e. The zero-order valence-corrected chi connectivity index (χ0v) is 16.2. The number of nitriles is 1. The van der Waals surface area contributed by atoms with Crippen LogP contribution in [-0.2, 0) is 4.79 Å². The molecule has 2 aromatic heterocycles. The van der Waals surface area contributed by atoms with Gasteiger partial charge in [0.2, 0.25) is 0 Å². The number of methoxy groups -OCH3 is 2. The quantitative estimate of drug-likeness (QED) is 0.438. The Balaban J connectivity index is 1.83. The van der Waals surface area contributed by atoms with E-state index < -0.39 is 5.91 Å². The van der Waals surface area contributed by atoms with Crippen molar-refractivity contribution in [3.63, 3.8) is 0 Å². The third-order valence-electron chi connectivity index (χ3n) is 4.47. The third-order valence-corrected chi connectivity index (χ3v) is 4.47. The van der Waals surface area contributed by atoms with Gasteiger partial charge in [-0.15, -0.1) is 0 Å². The van der Waals surface area contributed by atoms with Crippen molar-refractivity contribution < 1.29 is 19.4 Å². The highest BCUT2D eigenvalue weighted by Crippen LogP contribution is 2.30. The van der Waals surface area contributed by atoms with Crippen LogP contribution in [0.2, 0.25) is 0 Å². The van der Waals surface area contributed by atoms with Crippen LogP contribution in [0.1, 0.15) is 24.1 Å². The fraction of sp³-hybridized carbons (Fsp3) is 0.190. The number of amides is 1. The molecule has 0 bridgehead atoms. The monoisotopic (exact) mass is 392 g/mol. The molecule has 0 aliphatic heterocycles. The van der Waals surface area contributed by atoms with Gasteiger partial charge in [-0.1, -0.05) is 6.07 Å². The number of aromatic nitrogens is 2. The predicted molar refractivity (Wildman–Crippen MR) is 107 cm³/mol. The normalized spacial score (nSPS) is 12.3. The number of hydrogen-bond acceptors (Lipinski definition) is 6. The van der Waals surface area contributed by atoms with Crippen molar-refractivity contribution in [1.29, 1.82) is 5.26 Å². The second kappa shape index (κ2) is 8.35. The molecule has 3 rings (SSSR count). The molecule has 1 unspecified atom stereocenters. The fourth-order valence-electron chi connectivity index (χ4n) is 2.92. The minimum atomic E-state index is -0.516. The van der Waals surface area contributed by atoms with E-state index in [1.54, 1.807) is 25.4 Å². The number of aromatic amines is 1. The van der Waals surface area contributed by atoms with E-state index in [-0.39, 0.29) is 17.4 Å². The summed E-state index contributed by atoms with van der Waals surface area (Å²) in [7, 11) is 3.09. The molecular formula is C21H20N4O4.